The molecule has 3 heterocycles. The number of nitrogens with one attached hydrogen (secondary N) is 2. The quantitative estimate of drug-likeness (QED) is 0.624. The number of imide groups is 1. The van der Waals surface area contributed by atoms with Gasteiger partial charge in [-0.2, -0.15) is 0 Å². The number of carbonyl (C=O) groups excluding carboxylic acids is 3. The highest BCUT2D eigenvalue weighted by Crippen LogP contribution is 2.41. The van der Waals surface area contributed by atoms with Crippen molar-refractivity contribution >= 4 is 17.7 Å². The van der Waals surface area contributed by atoms with Gasteiger partial charge in [0.1, 0.15) is 6.04 Å². The van der Waals surface area contributed by atoms with Gasteiger partial charge in [0.05, 0.1) is 5.60 Å². The molecule has 1 aromatic carbocycles. The Labute approximate surface area is 175 Å². The van der Waals surface area contributed by atoms with E-state index in [4.69, 9.17) is 10.5 Å². The number of rotatable bonds is 4. The highest BCUT2D eigenvalue weighted by molar-refractivity contribution is 6.05. The number of carbonyl (C=O) groups is 3. The predicted octanol–water partition coefficient (Wildman–Crippen LogP) is 0.576. The summed E-state index contributed by atoms with van der Waals surface area (Å²) < 4.78 is 6.00. The van der Waals surface area contributed by atoms with Crippen molar-refractivity contribution in [2.45, 2.75) is 75.3 Å². The molecule has 5 rings (SSSR count). The number of benzene rings is 1. The van der Waals surface area contributed by atoms with E-state index in [1.54, 1.807) is 4.90 Å². The second-order valence-corrected chi connectivity index (χ2v) is 9.12. The first-order valence-electron chi connectivity index (χ1n) is 10.8. The summed E-state index contributed by atoms with van der Waals surface area (Å²) in [5.41, 5.74) is 8.51. The number of piperidine rings is 1. The molecule has 0 radical (unpaired) electrons. The molecule has 2 atom stereocenters. The minimum Gasteiger partial charge on any atom is -0.375 e. The molecule has 2 unspecified atom stereocenters. The molecule has 8 nitrogen and oxygen atoms in total. The molecule has 0 bridgehead atoms. The highest BCUT2D eigenvalue weighted by Gasteiger charge is 2.47. The number of fused-ring (bicyclic) bond motifs is 1. The summed E-state index contributed by atoms with van der Waals surface area (Å²) in [6, 6.07) is 5.89. The zero-order valence-corrected chi connectivity index (χ0v) is 17.0. The summed E-state index contributed by atoms with van der Waals surface area (Å²) in [4.78, 5) is 38.5. The molecule has 1 saturated carbocycles. The maximum atomic E-state index is 13.2. The summed E-state index contributed by atoms with van der Waals surface area (Å²) in [5, 5.41) is 5.97. The van der Waals surface area contributed by atoms with E-state index < -0.39 is 6.04 Å². The molecule has 0 aromatic heterocycles. The van der Waals surface area contributed by atoms with Crippen LogP contribution in [0, 0.1) is 0 Å². The minimum absolute atomic E-state index is 0.0631. The number of hydrogen-bond donors (Lipinski definition) is 3. The van der Waals surface area contributed by atoms with Crippen molar-refractivity contribution in [3.63, 3.8) is 0 Å². The Bertz CT molecular complexity index is 890. The third kappa shape index (κ3) is 3.42. The third-order valence-electron chi connectivity index (χ3n) is 6.98. The van der Waals surface area contributed by atoms with E-state index in [9.17, 15) is 14.4 Å². The van der Waals surface area contributed by atoms with E-state index in [0.29, 0.717) is 31.1 Å². The molecule has 30 heavy (non-hydrogen) atoms. The Kier molecular flexibility index (Phi) is 4.88. The summed E-state index contributed by atoms with van der Waals surface area (Å²) >= 11 is 0. The molecule has 3 amide bonds. The van der Waals surface area contributed by atoms with Crippen molar-refractivity contribution < 1.29 is 19.1 Å². The van der Waals surface area contributed by atoms with Crippen LogP contribution in [-0.2, 0) is 27.4 Å². The third-order valence-corrected chi connectivity index (χ3v) is 6.98. The Balaban J connectivity index is 1.27. The van der Waals surface area contributed by atoms with Gasteiger partial charge in [-0.15, -0.1) is 0 Å². The van der Waals surface area contributed by atoms with Crippen molar-refractivity contribution in [1.29, 1.82) is 0 Å². The molecule has 3 aliphatic heterocycles. The van der Waals surface area contributed by atoms with Crippen molar-refractivity contribution in [2.75, 3.05) is 6.61 Å². The standard InChI is InChI=1S/C22H28N4O4/c23-15-8-22(9-15)10-16(6-7-30-22)24-11-13-2-1-3-14-12-26(21(29)19(13)14)17-4-5-18(27)25-20(17)28/h1-3,15-17,24H,4-12,23H2,(H,25,27,28). The van der Waals surface area contributed by atoms with Crippen molar-refractivity contribution in [3.8, 4) is 0 Å². The lowest BCUT2D eigenvalue weighted by Crippen LogP contribution is -2.58. The number of amides is 3. The topological polar surface area (TPSA) is 114 Å². The fourth-order valence-electron chi connectivity index (χ4n) is 5.47. The Morgan fingerprint density at radius 3 is 2.80 bits per heavy atom. The molecule has 3 fully saturated rings. The smallest absolute Gasteiger partial charge is 0.255 e. The number of nitrogens with zero attached hydrogens (tertiary/aromatic N) is 1. The van der Waals surface area contributed by atoms with E-state index in [1.807, 2.05) is 18.2 Å². The van der Waals surface area contributed by atoms with E-state index >= 15 is 0 Å². The van der Waals surface area contributed by atoms with Gasteiger partial charge in [0.15, 0.2) is 0 Å². The molecule has 4 N–H and O–H groups in total. The van der Waals surface area contributed by atoms with Crippen LogP contribution < -0.4 is 16.4 Å². The fourth-order valence-corrected chi connectivity index (χ4v) is 5.47. The lowest BCUT2D eigenvalue weighted by molar-refractivity contribution is -0.143. The predicted molar refractivity (Wildman–Crippen MR) is 108 cm³/mol. The fraction of sp³-hybridized carbons (Fsp3) is 0.591. The molecule has 8 heteroatoms. The van der Waals surface area contributed by atoms with Crippen LogP contribution in [0.2, 0.25) is 0 Å². The number of hydrogen-bond acceptors (Lipinski definition) is 6. The Morgan fingerprint density at radius 1 is 1.20 bits per heavy atom. The maximum absolute atomic E-state index is 13.2. The van der Waals surface area contributed by atoms with Crippen LogP contribution in [0.3, 0.4) is 0 Å². The normalized spacial score (nSPS) is 33.4. The average Bonchev–Trinajstić information content (AvgIpc) is 3.03. The SMILES string of the molecule is NC1CC2(C1)CC(NCc1cccc3c1C(=O)N(C1CCC(=O)NC1=O)C3)CCO2. The van der Waals surface area contributed by atoms with Crippen LogP contribution in [0.4, 0.5) is 0 Å². The molecule has 160 valence electrons. The monoisotopic (exact) mass is 412 g/mol. The van der Waals surface area contributed by atoms with Gasteiger partial charge >= 0.3 is 0 Å². The summed E-state index contributed by atoms with van der Waals surface area (Å²) in [7, 11) is 0. The van der Waals surface area contributed by atoms with Gasteiger partial charge in [-0.25, -0.2) is 0 Å². The van der Waals surface area contributed by atoms with Gasteiger partial charge in [0.25, 0.3) is 5.91 Å². The molecule has 1 aliphatic carbocycles. The van der Waals surface area contributed by atoms with Gasteiger partial charge in [-0.3, -0.25) is 19.7 Å². The van der Waals surface area contributed by atoms with Gasteiger partial charge in [-0.05, 0) is 43.2 Å². The molecular formula is C22H28N4O4. The van der Waals surface area contributed by atoms with Gasteiger partial charge in [0, 0.05) is 43.8 Å². The van der Waals surface area contributed by atoms with E-state index in [1.165, 1.54) is 0 Å². The van der Waals surface area contributed by atoms with Crippen LogP contribution in [0.25, 0.3) is 0 Å². The van der Waals surface area contributed by atoms with Crippen LogP contribution in [0.1, 0.15) is 60.0 Å². The molecule has 1 aromatic rings. The van der Waals surface area contributed by atoms with Crippen LogP contribution in [-0.4, -0.2) is 53.0 Å². The average molecular weight is 412 g/mol. The van der Waals surface area contributed by atoms with Gasteiger partial charge in [0.2, 0.25) is 11.8 Å². The second kappa shape index (κ2) is 7.44. The lowest BCUT2D eigenvalue weighted by atomic mass is 9.71. The first kappa shape index (κ1) is 19.7. The zero-order valence-electron chi connectivity index (χ0n) is 17.0. The van der Waals surface area contributed by atoms with Crippen molar-refractivity contribution in [1.82, 2.24) is 15.5 Å². The molecule has 4 aliphatic rings. The Morgan fingerprint density at radius 2 is 2.03 bits per heavy atom. The molecule has 1 spiro atoms. The Hall–Kier alpha value is -2.29. The number of nitrogens with two attached hydrogens (primary N) is 1. The first-order valence-corrected chi connectivity index (χ1v) is 10.8. The summed E-state index contributed by atoms with van der Waals surface area (Å²) in [5.74, 6) is -0.768. The van der Waals surface area contributed by atoms with Crippen LogP contribution in [0.15, 0.2) is 18.2 Å². The van der Waals surface area contributed by atoms with E-state index in [-0.39, 0.29) is 35.8 Å². The second-order valence-electron chi connectivity index (χ2n) is 9.12. The molecular weight excluding hydrogens is 384 g/mol. The zero-order chi connectivity index (χ0) is 20.9. The van der Waals surface area contributed by atoms with E-state index in [2.05, 4.69) is 10.6 Å². The lowest BCUT2D eigenvalue weighted by Gasteiger charge is -2.50. The molecule has 2 saturated heterocycles. The minimum atomic E-state index is -0.582. The first-order chi connectivity index (χ1) is 14.4. The van der Waals surface area contributed by atoms with E-state index in [0.717, 1.165) is 43.4 Å². The van der Waals surface area contributed by atoms with Crippen LogP contribution >= 0.6 is 0 Å². The maximum Gasteiger partial charge on any atom is 0.255 e. The van der Waals surface area contributed by atoms with Gasteiger partial charge < -0.3 is 20.7 Å². The van der Waals surface area contributed by atoms with Crippen LogP contribution in [0.5, 0.6) is 0 Å². The van der Waals surface area contributed by atoms with Gasteiger partial charge in [-0.1, -0.05) is 18.2 Å². The largest absolute Gasteiger partial charge is 0.375 e. The van der Waals surface area contributed by atoms with Crippen molar-refractivity contribution in [2.24, 2.45) is 5.73 Å². The highest BCUT2D eigenvalue weighted by atomic mass is 16.5. The summed E-state index contributed by atoms with van der Waals surface area (Å²) in [6.07, 6.45) is 4.38. The number of ether oxygens (including phenoxy) is 1. The van der Waals surface area contributed by atoms with Crippen molar-refractivity contribution in [3.05, 3.63) is 34.9 Å². The summed E-state index contributed by atoms with van der Waals surface area (Å²) in [6.45, 7) is 1.75.